The fourth-order valence-electron chi connectivity index (χ4n) is 3.64. The van der Waals surface area contributed by atoms with Gasteiger partial charge < -0.3 is 4.74 Å². The molecule has 2 atom stereocenters. The van der Waals surface area contributed by atoms with Gasteiger partial charge in [0.1, 0.15) is 0 Å². The second-order valence-corrected chi connectivity index (χ2v) is 6.52. The first kappa shape index (κ1) is 17.0. The Labute approximate surface area is 157 Å². The maximum Gasteiger partial charge on any atom is 0.314 e. The average Bonchev–Trinajstić information content (AvgIpc) is 3.20. The van der Waals surface area contributed by atoms with Crippen LogP contribution in [0.5, 0.6) is 0 Å². The highest BCUT2D eigenvalue weighted by Gasteiger charge is 2.33. The molecule has 1 heterocycles. The van der Waals surface area contributed by atoms with E-state index in [0.717, 1.165) is 27.6 Å². The molecular formula is C23H20N2O2. The molecule has 2 unspecified atom stereocenters. The van der Waals surface area contributed by atoms with Crippen molar-refractivity contribution in [1.29, 1.82) is 0 Å². The van der Waals surface area contributed by atoms with Gasteiger partial charge in [-0.1, -0.05) is 66.7 Å². The minimum atomic E-state index is -0.442. The number of esters is 1. The van der Waals surface area contributed by atoms with Crippen molar-refractivity contribution in [1.82, 2.24) is 10.2 Å². The van der Waals surface area contributed by atoms with Crippen LogP contribution in [-0.2, 0) is 9.53 Å². The Bertz CT molecular complexity index is 1040. The summed E-state index contributed by atoms with van der Waals surface area (Å²) in [5, 5.41) is 8.11. The smallest absolute Gasteiger partial charge is 0.314 e. The molecule has 3 aromatic carbocycles. The number of H-pyrrole nitrogens is 1. The van der Waals surface area contributed by atoms with Crippen molar-refractivity contribution in [2.24, 2.45) is 0 Å². The van der Waals surface area contributed by atoms with Crippen LogP contribution in [0.1, 0.15) is 28.5 Å². The van der Waals surface area contributed by atoms with Crippen molar-refractivity contribution in [3.8, 4) is 0 Å². The van der Waals surface area contributed by atoms with Crippen molar-refractivity contribution in [2.45, 2.75) is 11.8 Å². The molecule has 4 nitrogen and oxygen atoms in total. The minimum Gasteiger partial charge on any atom is -0.469 e. The number of carbonyl (C=O) groups is 1. The number of ether oxygens (including phenoxy) is 1. The molecule has 0 bridgehead atoms. The molecular weight excluding hydrogens is 336 g/mol. The van der Waals surface area contributed by atoms with E-state index < -0.39 is 5.92 Å². The van der Waals surface area contributed by atoms with Gasteiger partial charge >= 0.3 is 5.97 Å². The van der Waals surface area contributed by atoms with E-state index >= 15 is 0 Å². The molecule has 4 aromatic rings. The molecule has 0 saturated carbocycles. The summed E-state index contributed by atoms with van der Waals surface area (Å²) in [7, 11) is 1.44. The predicted octanol–water partition coefficient (Wildman–Crippen LogP) is 4.65. The zero-order valence-corrected chi connectivity index (χ0v) is 15.0. The normalized spacial score (nSPS) is 13.2. The molecule has 0 spiro atoms. The van der Waals surface area contributed by atoms with Crippen molar-refractivity contribution in [3.63, 3.8) is 0 Å². The highest BCUT2D eigenvalue weighted by Crippen LogP contribution is 2.40. The standard InChI is InChI=1S/C23H20N2O2/c1-27-23(26)22(17-10-6-3-7-11-17)21(16-8-4-2-5-9-16)18-12-13-20-19(14-18)15-24-25-20/h2-15,21-22H,1H3,(H,24,25). The van der Waals surface area contributed by atoms with Crippen LogP contribution >= 0.6 is 0 Å². The van der Waals surface area contributed by atoms with Gasteiger partial charge in [-0.3, -0.25) is 9.89 Å². The number of nitrogens with zero attached hydrogens (tertiary/aromatic N) is 1. The number of aromatic nitrogens is 2. The van der Waals surface area contributed by atoms with Crippen molar-refractivity contribution >= 4 is 16.9 Å². The van der Waals surface area contributed by atoms with Crippen molar-refractivity contribution < 1.29 is 9.53 Å². The summed E-state index contributed by atoms with van der Waals surface area (Å²) in [6, 6.07) is 26.1. The number of methoxy groups -OCH3 is 1. The minimum absolute atomic E-state index is 0.166. The highest BCUT2D eigenvalue weighted by molar-refractivity contribution is 5.82. The maximum absolute atomic E-state index is 12.9. The molecule has 134 valence electrons. The van der Waals surface area contributed by atoms with E-state index in [1.807, 2.05) is 54.6 Å². The van der Waals surface area contributed by atoms with Gasteiger partial charge in [-0.15, -0.1) is 0 Å². The molecule has 4 heteroatoms. The van der Waals surface area contributed by atoms with Gasteiger partial charge in [-0.25, -0.2) is 0 Å². The number of carbonyl (C=O) groups excluding carboxylic acids is 1. The number of rotatable bonds is 5. The lowest BCUT2D eigenvalue weighted by Gasteiger charge is -2.27. The Morgan fingerprint density at radius 3 is 2.22 bits per heavy atom. The van der Waals surface area contributed by atoms with Crippen LogP contribution in [0.25, 0.3) is 10.9 Å². The van der Waals surface area contributed by atoms with Crippen LogP contribution < -0.4 is 0 Å². The van der Waals surface area contributed by atoms with Crippen LogP contribution in [0.3, 0.4) is 0 Å². The van der Waals surface area contributed by atoms with Gasteiger partial charge in [-0.05, 0) is 28.8 Å². The van der Waals surface area contributed by atoms with E-state index in [1.54, 1.807) is 6.20 Å². The fourth-order valence-corrected chi connectivity index (χ4v) is 3.64. The van der Waals surface area contributed by atoms with Gasteiger partial charge in [0.25, 0.3) is 0 Å². The zero-order valence-electron chi connectivity index (χ0n) is 15.0. The van der Waals surface area contributed by atoms with Crippen LogP contribution in [0.15, 0.2) is 85.1 Å². The average molecular weight is 356 g/mol. The van der Waals surface area contributed by atoms with E-state index in [4.69, 9.17) is 4.74 Å². The van der Waals surface area contributed by atoms with Crippen LogP contribution in [0.4, 0.5) is 0 Å². The Kier molecular flexibility index (Phi) is 4.71. The van der Waals surface area contributed by atoms with Crippen molar-refractivity contribution in [3.05, 3.63) is 102 Å². The van der Waals surface area contributed by atoms with E-state index in [2.05, 4.69) is 34.5 Å². The third kappa shape index (κ3) is 3.34. The van der Waals surface area contributed by atoms with E-state index in [0.29, 0.717) is 0 Å². The zero-order chi connectivity index (χ0) is 18.6. The highest BCUT2D eigenvalue weighted by atomic mass is 16.5. The van der Waals surface area contributed by atoms with Gasteiger partial charge in [0, 0.05) is 11.3 Å². The van der Waals surface area contributed by atoms with E-state index in [-0.39, 0.29) is 11.9 Å². The molecule has 1 N–H and O–H groups in total. The Balaban J connectivity index is 1.91. The third-order valence-corrected chi connectivity index (χ3v) is 4.93. The second-order valence-electron chi connectivity index (χ2n) is 6.52. The molecule has 0 saturated heterocycles. The summed E-state index contributed by atoms with van der Waals surface area (Å²) in [5.74, 6) is -0.856. The topological polar surface area (TPSA) is 55.0 Å². The van der Waals surface area contributed by atoms with Crippen LogP contribution in [0.2, 0.25) is 0 Å². The quantitative estimate of drug-likeness (QED) is 0.530. The maximum atomic E-state index is 12.9. The lowest BCUT2D eigenvalue weighted by molar-refractivity contribution is -0.142. The third-order valence-electron chi connectivity index (χ3n) is 4.93. The lowest BCUT2D eigenvalue weighted by Crippen LogP contribution is -2.23. The Morgan fingerprint density at radius 2 is 1.56 bits per heavy atom. The number of hydrogen-bond donors (Lipinski definition) is 1. The summed E-state index contributed by atoms with van der Waals surface area (Å²) < 4.78 is 5.21. The molecule has 0 aliphatic rings. The molecule has 0 aliphatic heterocycles. The second kappa shape index (κ2) is 7.46. The molecule has 4 rings (SSSR count). The number of fused-ring (bicyclic) bond motifs is 1. The summed E-state index contributed by atoms with van der Waals surface area (Å²) in [5.41, 5.74) is 4.03. The fraction of sp³-hybridized carbons (Fsp3) is 0.130. The summed E-state index contributed by atoms with van der Waals surface area (Å²) in [4.78, 5) is 12.9. The van der Waals surface area contributed by atoms with Gasteiger partial charge in [-0.2, -0.15) is 5.10 Å². The molecule has 0 radical (unpaired) electrons. The number of benzene rings is 3. The number of nitrogens with one attached hydrogen (secondary N) is 1. The van der Waals surface area contributed by atoms with Crippen LogP contribution in [-0.4, -0.2) is 23.3 Å². The molecule has 0 amide bonds. The lowest BCUT2D eigenvalue weighted by atomic mass is 9.77. The molecule has 27 heavy (non-hydrogen) atoms. The van der Waals surface area contributed by atoms with Gasteiger partial charge in [0.2, 0.25) is 0 Å². The summed E-state index contributed by atoms with van der Waals surface area (Å²) in [6.07, 6.45) is 1.80. The first-order chi connectivity index (χ1) is 13.3. The molecule has 1 aromatic heterocycles. The number of hydrogen-bond acceptors (Lipinski definition) is 3. The largest absolute Gasteiger partial charge is 0.469 e. The van der Waals surface area contributed by atoms with Gasteiger partial charge in [0.05, 0.1) is 24.7 Å². The SMILES string of the molecule is COC(=O)C(c1ccccc1)C(c1ccccc1)c1ccc2[nH]ncc2c1. The first-order valence-corrected chi connectivity index (χ1v) is 8.88. The monoisotopic (exact) mass is 356 g/mol. The van der Waals surface area contributed by atoms with E-state index in [1.165, 1.54) is 7.11 Å². The van der Waals surface area contributed by atoms with E-state index in [9.17, 15) is 4.79 Å². The number of aromatic amines is 1. The predicted molar refractivity (Wildman–Crippen MR) is 106 cm³/mol. The Hall–Kier alpha value is -3.40. The van der Waals surface area contributed by atoms with Gasteiger partial charge in [0.15, 0.2) is 0 Å². The first-order valence-electron chi connectivity index (χ1n) is 8.88. The van der Waals surface area contributed by atoms with Crippen LogP contribution in [0, 0.1) is 0 Å². The van der Waals surface area contributed by atoms with Crippen molar-refractivity contribution in [2.75, 3.05) is 7.11 Å². The molecule has 0 aliphatic carbocycles. The molecule has 0 fully saturated rings. The Morgan fingerprint density at radius 1 is 0.889 bits per heavy atom. The summed E-state index contributed by atoms with van der Waals surface area (Å²) >= 11 is 0. The summed E-state index contributed by atoms with van der Waals surface area (Å²) in [6.45, 7) is 0.